The van der Waals surface area contributed by atoms with Crippen molar-refractivity contribution in [3.05, 3.63) is 52.0 Å². The van der Waals surface area contributed by atoms with Crippen molar-refractivity contribution in [3.63, 3.8) is 0 Å². The van der Waals surface area contributed by atoms with Crippen LogP contribution in [0.25, 0.3) is 0 Å². The number of aromatic nitrogens is 1. The molecule has 0 amide bonds. The minimum atomic E-state index is -0.377. The third-order valence-corrected chi connectivity index (χ3v) is 6.60. The fraction of sp³-hybridized carbons (Fsp3) is 0.500. The fourth-order valence-corrected chi connectivity index (χ4v) is 5.28. The van der Waals surface area contributed by atoms with E-state index in [1.54, 1.807) is 11.3 Å². The van der Waals surface area contributed by atoms with Crippen LogP contribution in [0.5, 0.6) is 0 Å². The van der Waals surface area contributed by atoms with Crippen molar-refractivity contribution in [3.8, 4) is 0 Å². The number of β-amino-alcohol motifs (C(OH)–C–C–N with tert-alkyl or cyclic N) is 1. The highest BCUT2D eigenvalue weighted by molar-refractivity contribution is 7.09. The number of hydrogen-bond donors (Lipinski definition) is 2. The Morgan fingerprint density at radius 1 is 1.35 bits per heavy atom. The molecule has 5 heteroatoms. The van der Waals surface area contributed by atoms with Crippen molar-refractivity contribution in [2.24, 2.45) is 11.3 Å². The Morgan fingerprint density at radius 2 is 2.13 bits per heavy atom. The zero-order valence-electron chi connectivity index (χ0n) is 13.2. The van der Waals surface area contributed by atoms with E-state index >= 15 is 0 Å². The number of nitrogens with zero attached hydrogens (tertiary/aromatic N) is 2. The van der Waals surface area contributed by atoms with Crippen LogP contribution in [0.4, 0.5) is 0 Å². The van der Waals surface area contributed by atoms with Crippen LogP contribution >= 0.6 is 11.3 Å². The quantitative estimate of drug-likeness (QED) is 0.900. The van der Waals surface area contributed by atoms with Crippen LogP contribution in [0, 0.1) is 18.3 Å². The lowest BCUT2D eigenvalue weighted by Gasteiger charge is -2.16. The summed E-state index contributed by atoms with van der Waals surface area (Å²) in [5.41, 5.74) is 4.02. The Bertz CT molecular complexity index is 689. The summed E-state index contributed by atoms with van der Waals surface area (Å²) in [4.78, 5) is 7.90. The first kappa shape index (κ1) is 15.3. The average molecular weight is 330 g/mol. The molecule has 1 spiro atoms. The van der Waals surface area contributed by atoms with E-state index in [-0.39, 0.29) is 30.0 Å². The molecule has 23 heavy (non-hydrogen) atoms. The predicted octanol–water partition coefficient (Wildman–Crippen LogP) is 2.02. The first-order valence-corrected chi connectivity index (χ1v) is 9.00. The minimum absolute atomic E-state index is 0.143. The van der Waals surface area contributed by atoms with Gasteiger partial charge < -0.3 is 10.2 Å². The van der Waals surface area contributed by atoms with Gasteiger partial charge in [0.2, 0.25) is 0 Å². The van der Waals surface area contributed by atoms with Gasteiger partial charge in [-0.3, -0.25) is 4.90 Å². The molecule has 1 aliphatic carbocycles. The lowest BCUT2D eigenvalue weighted by molar-refractivity contribution is 0.111. The number of hydrogen-bond acceptors (Lipinski definition) is 5. The second kappa shape index (κ2) is 5.67. The van der Waals surface area contributed by atoms with Crippen LogP contribution in [0.2, 0.25) is 0 Å². The summed E-state index contributed by atoms with van der Waals surface area (Å²) in [6.07, 6.45) is -0.377. The van der Waals surface area contributed by atoms with Gasteiger partial charge in [-0.25, -0.2) is 4.98 Å². The average Bonchev–Trinajstić information content (AvgIpc) is 2.85. The molecule has 2 aliphatic rings. The predicted molar refractivity (Wildman–Crippen MR) is 90.3 cm³/mol. The van der Waals surface area contributed by atoms with Crippen molar-refractivity contribution in [1.29, 1.82) is 0 Å². The third-order valence-electron chi connectivity index (χ3n) is 5.68. The van der Waals surface area contributed by atoms with E-state index < -0.39 is 0 Å². The smallest absolute Gasteiger partial charge is 0.0798 e. The van der Waals surface area contributed by atoms with Crippen molar-refractivity contribution in [2.45, 2.75) is 25.5 Å². The standard InChI is InChI=1S/C18H22N2O2S/c1-12-15(23-11-19-12)7-20-8-16(22)18(10-20)14(9-21)17(18)13-5-3-2-4-6-13/h2-6,11,14,16-17,21-22H,7-10H2,1H3/t14-,16-,17-,18-/m1/s1. The van der Waals surface area contributed by atoms with Crippen LogP contribution in [0.3, 0.4) is 0 Å². The molecule has 0 radical (unpaired) electrons. The first-order valence-electron chi connectivity index (χ1n) is 8.12. The molecule has 2 aromatic rings. The van der Waals surface area contributed by atoms with Gasteiger partial charge in [0.1, 0.15) is 0 Å². The molecule has 2 N–H and O–H groups in total. The summed E-state index contributed by atoms with van der Waals surface area (Å²) in [5, 5.41) is 20.6. The SMILES string of the molecule is Cc1ncsc1CN1C[C@@H](O)[C@@]2(C1)[C@H](CO)[C@H]2c1ccccc1. The Kier molecular flexibility index (Phi) is 3.76. The molecule has 4 nitrogen and oxygen atoms in total. The van der Waals surface area contributed by atoms with Crippen LogP contribution in [0.15, 0.2) is 35.8 Å². The Morgan fingerprint density at radius 3 is 2.78 bits per heavy atom. The van der Waals surface area contributed by atoms with Gasteiger partial charge in [0, 0.05) is 36.5 Å². The molecular formula is C18H22N2O2S. The van der Waals surface area contributed by atoms with Crippen LogP contribution in [-0.4, -0.2) is 45.9 Å². The molecule has 1 aromatic carbocycles. The molecular weight excluding hydrogens is 308 g/mol. The Hall–Kier alpha value is -1.27. The van der Waals surface area contributed by atoms with E-state index in [0.717, 1.165) is 18.8 Å². The van der Waals surface area contributed by atoms with Gasteiger partial charge in [0.05, 0.1) is 17.3 Å². The van der Waals surface area contributed by atoms with Crippen LogP contribution < -0.4 is 0 Å². The maximum Gasteiger partial charge on any atom is 0.0798 e. The fourth-order valence-electron chi connectivity index (χ4n) is 4.46. The van der Waals surface area contributed by atoms with E-state index in [2.05, 4.69) is 22.0 Å². The second-order valence-electron chi connectivity index (χ2n) is 6.84. The normalized spacial score (nSPS) is 33.4. The van der Waals surface area contributed by atoms with E-state index in [0.29, 0.717) is 6.54 Å². The molecule has 1 saturated carbocycles. The Labute approximate surface area is 140 Å². The summed E-state index contributed by atoms with van der Waals surface area (Å²) >= 11 is 1.68. The number of aliphatic hydroxyl groups is 2. The highest BCUT2D eigenvalue weighted by Crippen LogP contribution is 2.68. The van der Waals surface area contributed by atoms with Crippen molar-refractivity contribution in [2.75, 3.05) is 19.7 Å². The molecule has 2 heterocycles. The summed E-state index contributed by atoms with van der Waals surface area (Å²) in [6.45, 7) is 4.54. The first-order chi connectivity index (χ1) is 11.2. The van der Waals surface area contributed by atoms with Crippen molar-refractivity contribution < 1.29 is 10.2 Å². The van der Waals surface area contributed by atoms with Crippen LogP contribution in [0.1, 0.15) is 22.1 Å². The van der Waals surface area contributed by atoms with Gasteiger partial charge in [-0.05, 0) is 24.3 Å². The lowest BCUT2D eigenvalue weighted by Crippen LogP contribution is -2.23. The second-order valence-corrected chi connectivity index (χ2v) is 7.78. The van der Waals surface area contributed by atoms with Crippen molar-refractivity contribution >= 4 is 11.3 Å². The summed E-state index contributed by atoms with van der Waals surface area (Å²) in [6, 6.07) is 10.3. The summed E-state index contributed by atoms with van der Waals surface area (Å²) in [7, 11) is 0. The zero-order chi connectivity index (χ0) is 16.0. The van der Waals surface area contributed by atoms with Crippen LogP contribution in [-0.2, 0) is 6.54 Å². The number of thiazole rings is 1. The molecule has 2 fully saturated rings. The molecule has 4 rings (SSSR count). The van der Waals surface area contributed by atoms with Gasteiger partial charge in [0.15, 0.2) is 0 Å². The number of benzene rings is 1. The van der Waals surface area contributed by atoms with Gasteiger partial charge in [0.25, 0.3) is 0 Å². The largest absolute Gasteiger partial charge is 0.396 e. The highest BCUT2D eigenvalue weighted by Gasteiger charge is 2.70. The van der Waals surface area contributed by atoms with Crippen molar-refractivity contribution in [1.82, 2.24) is 9.88 Å². The minimum Gasteiger partial charge on any atom is -0.396 e. The number of aryl methyl sites for hydroxylation is 1. The summed E-state index contributed by atoms with van der Waals surface area (Å²) < 4.78 is 0. The number of likely N-dealkylation sites (tertiary alicyclic amines) is 1. The zero-order valence-corrected chi connectivity index (χ0v) is 14.0. The summed E-state index contributed by atoms with van der Waals surface area (Å²) in [5.74, 6) is 0.420. The molecule has 1 aliphatic heterocycles. The molecule has 1 saturated heterocycles. The van der Waals surface area contributed by atoms with Gasteiger partial charge in [-0.1, -0.05) is 30.3 Å². The molecule has 122 valence electrons. The van der Waals surface area contributed by atoms with E-state index in [9.17, 15) is 10.2 Å². The number of rotatable bonds is 4. The topological polar surface area (TPSA) is 56.6 Å². The van der Waals surface area contributed by atoms with E-state index in [1.165, 1.54) is 10.4 Å². The maximum absolute atomic E-state index is 10.8. The monoisotopic (exact) mass is 330 g/mol. The molecule has 0 unspecified atom stereocenters. The third kappa shape index (κ3) is 2.34. The van der Waals surface area contributed by atoms with Gasteiger partial charge >= 0.3 is 0 Å². The molecule has 0 bridgehead atoms. The molecule has 1 aromatic heterocycles. The Balaban J connectivity index is 1.56. The van der Waals surface area contributed by atoms with Gasteiger partial charge in [-0.15, -0.1) is 11.3 Å². The van der Waals surface area contributed by atoms with E-state index in [4.69, 9.17) is 0 Å². The molecule has 4 atom stereocenters. The maximum atomic E-state index is 10.8. The van der Waals surface area contributed by atoms with E-state index in [1.807, 2.05) is 30.6 Å². The lowest BCUT2D eigenvalue weighted by atomic mass is 9.95. The highest BCUT2D eigenvalue weighted by atomic mass is 32.1. The van der Waals surface area contributed by atoms with Gasteiger partial charge in [-0.2, -0.15) is 0 Å². The number of aliphatic hydroxyl groups excluding tert-OH is 2.